The van der Waals surface area contributed by atoms with Gasteiger partial charge in [0.05, 0.1) is 5.56 Å². The minimum Gasteiger partial charge on any atom is -0.330 e. The van der Waals surface area contributed by atoms with E-state index in [4.69, 9.17) is 5.73 Å². The third kappa shape index (κ3) is 4.92. The van der Waals surface area contributed by atoms with Crippen LogP contribution >= 0.6 is 0 Å². The molecule has 0 aliphatic heterocycles. The van der Waals surface area contributed by atoms with Crippen molar-refractivity contribution in [2.24, 2.45) is 5.73 Å². The molecule has 2 nitrogen and oxygen atoms in total. The molecule has 6 heteroatoms. The molecule has 0 bridgehead atoms. The number of hydrogen-bond acceptors (Lipinski definition) is 2. The van der Waals surface area contributed by atoms with Gasteiger partial charge in [0.25, 0.3) is 0 Å². The van der Waals surface area contributed by atoms with Crippen LogP contribution in [0.5, 0.6) is 0 Å². The molecule has 0 spiro atoms. The van der Waals surface area contributed by atoms with E-state index in [-0.39, 0.29) is 17.8 Å². The number of carbonyl (C=O) groups is 1. The van der Waals surface area contributed by atoms with Crippen LogP contribution in [-0.2, 0) is 6.18 Å². The summed E-state index contributed by atoms with van der Waals surface area (Å²) in [5.41, 5.74) is 3.96. The Labute approximate surface area is 115 Å². The Morgan fingerprint density at radius 3 is 2.30 bits per heavy atom. The first-order valence-corrected chi connectivity index (χ1v) is 6.46. The lowest BCUT2D eigenvalue weighted by Gasteiger charge is -2.09. The number of alkyl halides is 3. The number of halogens is 4. The molecular weight excluding hydrogens is 274 g/mol. The third-order valence-corrected chi connectivity index (χ3v) is 2.95. The smallest absolute Gasteiger partial charge is 0.330 e. The summed E-state index contributed by atoms with van der Waals surface area (Å²) in [6.07, 6.45) is -1.30. The Bertz CT molecular complexity index is 457. The highest BCUT2D eigenvalue weighted by atomic mass is 19.4. The summed E-state index contributed by atoms with van der Waals surface area (Å²) in [6, 6.07) is 2.29. The average molecular weight is 291 g/mol. The van der Waals surface area contributed by atoms with Crippen LogP contribution < -0.4 is 5.73 Å². The number of ketones is 1. The zero-order valence-electron chi connectivity index (χ0n) is 11.0. The van der Waals surface area contributed by atoms with Crippen molar-refractivity contribution in [2.45, 2.75) is 38.3 Å². The maximum Gasteiger partial charge on any atom is 0.419 e. The summed E-state index contributed by atoms with van der Waals surface area (Å²) in [7, 11) is 0. The van der Waals surface area contributed by atoms with E-state index in [9.17, 15) is 22.4 Å². The van der Waals surface area contributed by atoms with Crippen molar-refractivity contribution in [3.05, 3.63) is 35.1 Å². The van der Waals surface area contributed by atoms with Crippen LogP contribution in [-0.4, -0.2) is 12.3 Å². The molecule has 0 aromatic heterocycles. The first kappa shape index (κ1) is 16.6. The second-order valence-electron chi connectivity index (χ2n) is 4.57. The van der Waals surface area contributed by atoms with Crippen molar-refractivity contribution in [1.29, 1.82) is 0 Å². The highest BCUT2D eigenvalue weighted by Crippen LogP contribution is 2.31. The van der Waals surface area contributed by atoms with Gasteiger partial charge in [-0.3, -0.25) is 4.79 Å². The molecule has 0 aliphatic rings. The molecule has 1 aromatic rings. The van der Waals surface area contributed by atoms with Crippen molar-refractivity contribution in [1.82, 2.24) is 0 Å². The van der Waals surface area contributed by atoms with Crippen LogP contribution in [0.2, 0.25) is 0 Å². The van der Waals surface area contributed by atoms with E-state index in [1.54, 1.807) is 0 Å². The third-order valence-electron chi connectivity index (χ3n) is 2.95. The molecule has 2 N–H and O–H groups in total. The van der Waals surface area contributed by atoms with Gasteiger partial charge in [-0.1, -0.05) is 18.9 Å². The van der Waals surface area contributed by atoms with Crippen LogP contribution in [0.4, 0.5) is 17.6 Å². The predicted molar refractivity (Wildman–Crippen MR) is 67.9 cm³/mol. The summed E-state index contributed by atoms with van der Waals surface area (Å²) < 4.78 is 50.4. The molecule has 20 heavy (non-hydrogen) atoms. The summed E-state index contributed by atoms with van der Waals surface area (Å²) >= 11 is 0. The standard InChI is InChI=1S/C14H17F4NO/c15-12-9-10(6-7-11(12)14(16,17)18)13(20)5-3-1-2-4-8-19/h6-7,9H,1-5,8,19H2. The number of nitrogens with two attached hydrogens (primary N) is 1. The first-order chi connectivity index (χ1) is 9.36. The molecule has 0 heterocycles. The number of unbranched alkanes of at least 4 members (excludes halogenated alkanes) is 3. The molecule has 1 aromatic carbocycles. The van der Waals surface area contributed by atoms with E-state index in [2.05, 4.69) is 0 Å². The molecule has 112 valence electrons. The molecule has 0 amide bonds. The summed E-state index contributed by atoms with van der Waals surface area (Å²) in [6.45, 7) is 0.595. The Hall–Kier alpha value is -1.43. The fourth-order valence-electron chi connectivity index (χ4n) is 1.85. The van der Waals surface area contributed by atoms with Gasteiger partial charge in [0.1, 0.15) is 5.82 Å². The number of Topliss-reactive ketones (excluding diaryl/α,β-unsaturated/α-hetero) is 1. The normalized spacial score (nSPS) is 11.7. The van der Waals surface area contributed by atoms with Crippen molar-refractivity contribution in [3.63, 3.8) is 0 Å². The average Bonchev–Trinajstić information content (AvgIpc) is 2.36. The zero-order chi connectivity index (χ0) is 15.2. The SMILES string of the molecule is NCCCCCCC(=O)c1ccc(C(F)(F)F)c(F)c1. The topological polar surface area (TPSA) is 43.1 Å². The zero-order valence-corrected chi connectivity index (χ0v) is 11.0. The lowest BCUT2D eigenvalue weighted by atomic mass is 10.0. The van der Waals surface area contributed by atoms with Crippen molar-refractivity contribution in [3.8, 4) is 0 Å². The Morgan fingerprint density at radius 1 is 1.10 bits per heavy atom. The molecule has 0 radical (unpaired) electrons. The lowest BCUT2D eigenvalue weighted by molar-refractivity contribution is -0.140. The molecule has 0 fully saturated rings. The second kappa shape index (κ2) is 7.38. The van der Waals surface area contributed by atoms with E-state index in [0.717, 1.165) is 25.3 Å². The molecule has 0 unspecified atom stereocenters. The van der Waals surface area contributed by atoms with E-state index < -0.39 is 17.6 Å². The Morgan fingerprint density at radius 2 is 1.75 bits per heavy atom. The van der Waals surface area contributed by atoms with Crippen LogP contribution in [0, 0.1) is 5.82 Å². The first-order valence-electron chi connectivity index (χ1n) is 6.46. The Kier molecular flexibility index (Phi) is 6.13. The number of rotatable bonds is 7. The molecule has 0 saturated heterocycles. The maximum atomic E-state index is 13.3. The van der Waals surface area contributed by atoms with E-state index in [1.165, 1.54) is 0 Å². The van der Waals surface area contributed by atoms with Gasteiger partial charge in [0.2, 0.25) is 0 Å². The van der Waals surface area contributed by atoms with Gasteiger partial charge < -0.3 is 5.73 Å². The van der Waals surface area contributed by atoms with Crippen molar-refractivity contribution >= 4 is 5.78 Å². The second-order valence-corrected chi connectivity index (χ2v) is 4.57. The van der Waals surface area contributed by atoms with Gasteiger partial charge in [-0.05, 0) is 31.5 Å². The molecular formula is C14H17F4NO. The molecule has 1 rings (SSSR count). The molecule has 0 saturated carbocycles. The number of carbonyl (C=O) groups excluding carboxylic acids is 1. The van der Waals surface area contributed by atoms with Crippen LogP contribution in [0.15, 0.2) is 18.2 Å². The van der Waals surface area contributed by atoms with Gasteiger partial charge in [-0.15, -0.1) is 0 Å². The van der Waals surface area contributed by atoms with Crippen molar-refractivity contribution < 1.29 is 22.4 Å². The van der Waals surface area contributed by atoms with E-state index in [1.807, 2.05) is 0 Å². The largest absolute Gasteiger partial charge is 0.419 e. The maximum absolute atomic E-state index is 13.3. The quantitative estimate of drug-likeness (QED) is 0.470. The minimum absolute atomic E-state index is 0.0191. The summed E-state index contributed by atoms with van der Waals surface area (Å²) in [5, 5.41) is 0. The lowest BCUT2D eigenvalue weighted by Crippen LogP contribution is -2.09. The molecule has 0 aliphatic carbocycles. The minimum atomic E-state index is -4.74. The van der Waals surface area contributed by atoms with E-state index >= 15 is 0 Å². The highest BCUT2D eigenvalue weighted by Gasteiger charge is 2.34. The summed E-state index contributed by atoms with van der Waals surface area (Å²) in [4.78, 5) is 11.7. The van der Waals surface area contributed by atoms with Crippen molar-refractivity contribution in [2.75, 3.05) is 6.54 Å². The van der Waals surface area contributed by atoms with Gasteiger partial charge in [-0.25, -0.2) is 4.39 Å². The van der Waals surface area contributed by atoms with Crippen LogP contribution in [0.25, 0.3) is 0 Å². The van der Waals surface area contributed by atoms with E-state index in [0.29, 0.717) is 25.1 Å². The van der Waals surface area contributed by atoms with Gasteiger partial charge >= 0.3 is 6.18 Å². The fraction of sp³-hybridized carbons (Fsp3) is 0.500. The molecule has 0 atom stereocenters. The summed E-state index contributed by atoms with van der Waals surface area (Å²) in [5.74, 6) is -1.75. The van der Waals surface area contributed by atoms with Gasteiger partial charge in [0, 0.05) is 12.0 Å². The Balaban J connectivity index is 2.59. The van der Waals surface area contributed by atoms with Gasteiger partial charge in [0.15, 0.2) is 5.78 Å². The van der Waals surface area contributed by atoms with Crippen LogP contribution in [0.1, 0.15) is 48.0 Å². The highest BCUT2D eigenvalue weighted by molar-refractivity contribution is 5.96. The predicted octanol–water partition coefficient (Wildman–Crippen LogP) is 3.94. The number of benzene rings is 1. The van der Waals surface area contributed by atoms with Gasteiger partial charge in [-0.2, -0.15) is 13.2 Å². The monoisotopic (exact) mass is 291 g/mol. The number of hydrogen-bond donors (Lipinski definition) is 1. The van der Waals surface area contributed by atoms with Crippen LogP contribution in [0.3, 0.4) is 0 Å². The fourth-order valence-corrected chi connectivity index (χ4v) is 1.85.